The summed E-state index contributed by atoms with van der Waals surface area (Å²) < 4.78 is 5.54. The van der Waals surface area contributed by atoms with Crippen LogP contribution >= 0.6 is 0 Å². The molecular weight excluding hydrogens is 234 g/mol. The van der Waals surface area contributed by atoms with E-state index in [0.29, 0.717) is 6.04 Å². The SMILES string of the molecule is c1ccc(C(c2ccccc2)N2CC3(CO3)C2)cc1. The topological polar surface area (TPSA) is 15.8 Å². The summed E-state index contributed by atoms with van der Waals surface area (Å²) in [5.41, 5.74) is 2.94. The van der Waals surface area contributed by atoms with Gasteiger partial charge in [-0.1, -0.05) is 60.7 Å². The molecule has 0 atom stereocenters. The van der Waals surface area contributed by atoms with Crippen LogP contribution in [0.1, 0.15) is 17.2 Å². The third-order valence-electron chi connectivity index (χ3n) is 4.13. The van der Waals surface area contributed by atoms with E-state index in [1.807, 2.05) is 0 Å². The Balaban J connectivity index is 1.67. The molecule has 2 aromatic carbocycles. The summed E-state index contributed by atoms with van der Waals surface area (Å²) >= 11 is 0. The Morgan fingerprint density at radius 1 is 0.842 bits per heavy atom. The van der Waals surface area contributed by atoms with Crippen LogP contribution in [0.25, 0.3) is 0 Å². The smallest absolute Gasteiger partial charge is 0.117 e. The lowest BCUT2D eigenvalue weighted by Gasteiger charge is -2.43. The van der Waals surface area contributed by atoms with Crippen molar-refractivity contribution in [2.24, 2.45) is 0 Å². The van der Waals surface area contributed by atoms with E-state index >= 15 is 0 Å². The highest BCUT2D eigenvalue weighted by atomic mass is 16.6. The molecule has 0 radical (unpaired) electrons. The van der Waals surface area contributed by atoms with Gasteiger partial charge in [0.1, 0.15) is 5.60 Å². The molecule has 2 saturated heterocycles. The summed E-state index contributed by atoms with van der Waals surface area (Å²) in [5, 5.41) is 0. The van der Waals surface area contributed by atoms with Crippen molar-refractivity contribution in [3.8, 4) is 0 Å². The average Bonchev–Trinajstić information content (AvgIpc) is 3.22. The molecule has 0 amide bonds. The maximum Gasteiger partial charge on any atom is 0.117 e. The molecule has 2 heteroatoms. The first-order valence-corrected chi connectivity index (χ1v) is 6.84. The Morgan fingerprint density at radius 2 is 1.32 bits per heavy atom. The lowest BCUT2D eigenvalue weighted by molar-refractivity contribution is 0.0366. The summed E-state index contributed by atoms with van der Waals surface area (Å²) in [6.45, 7) is 3.06. The van der Waals surface area contributed by atoms with Gasteiger partial charge in [0.05, 0.1) is 12.6 Å². The van der Waals surface area contributed by atoms with Crippen LogP contribution in [0.5, 0.6) is 0 Å². The third kappa shape index (κ3) is 1.97. The van der Waals surface area contributed by atoms with Crippen molar-refractivity contribution >= 4 is 0 Å². The molecular formula is C17H17NO. The van der Waals surface area contributed by atoms with E-state index < -0.39 is 0 Å². The van der Waals surface area contributed by atoms with Crippen molar-refractivity contribution < 1.29 is 4.74 Å². The highest BCUT2D eigenvalue weighted by Gasteiger charge is 2.56. The van der Waals surface area contributed by atoms with Gasteiger partial charge < -0.3 is 4.74 Å². The first-order valence-electron chi connectivity index (χ1n) is 6.84. The van der Waals surface area contributed by atoms with Gasteiger partial charge in [-0.15, -0.1) is 0 Å². The maximum absolute atomic E-state index is 5.54. The first-order chi connectivity index (χ1) is 9.36. The summed E-state index contributed by atoms with van der Waals surface area (Å²) in [4.78, 5) is 2.51. The number of rotatable bonds is 3. The Hall–Kier alpha value is -1.64. The molecule has 19 heavy (non-hydrogen) atoms. The predicted molar refractivity (Wildman–Crippen MR) is 75.0 cm³/mol. The minimum atomic E-state index is 0.210. The molecule has 0 unspecified atom stereocenters. The van der Waals surface area contributed by atoms with E-state index in [1.54, 1.807) is 0 Å². The number of nitrogens with zero attached hydrogens (tertiary/aromatic N) is 1. The van der Waals surface area contributed by atoms with Gasteiger partial charge in [0.25, 0.3) is 0 Å². The minimum Gasteiger partial charge on any atom is -0.367 e. The Labute approximate surface area is 113 Å². The minimum absolute atomic E-state index is 0.210. The van der Waals surface area contributed by atoms with E-state index in [9.17, 15) is 0 Å². The third-order valence-corrected chi connectivity index (χ3v) is 4.13. The molecule has 2 heterocycles. The molecule has 2 aliphatic heterocycles. The van der Waals surface area contributed by atoms with E-state index in [1.165, 1.54) is 11.1 Å². The molecule has 1 spiro atoms. The van der Waals surface area contributed by atoms with Crippen molar-refractivity contribution in [2.75, 3.05) is 19.7 Å². The number of benzene rings is 2. The van der Waals surface area contributed by atoms with Crippen LogP contribution in [0.15, 0.2) is 60.7 Å². The fraction of sp³-hybridized carbons (Fsp3) is 0.294. The standard InChI is InChI=1S/C17H17NO/c1-3-7-14(8-4-1)16(15-9-5-2-6-10-15)18-11-17(12-18)13-19-17/h1-10,16H,11-13H2. The second kappa shape index (κ2) is 4.19. The Bertz CT molecular complexity index is 515. The second-order valence-corrected chi connectivity index (χ2v) is 5.60. The highest BCUT2D eigenvalue weighted by Crippen LogP contribution is 2.43. The molecule has 96 valence electrons. The summed E-state index contributed by atoms with van der Waals surface area (Å²) in [6.07, 6.45) is 0. The predicted octanol–water partition coefficient (Wildman–Crippen LogP) is 2.86. The average molecular weight is 251 g/mol. The van der Waals surface area contributed by atoms with E-state index in [4.69, 9.17) is 4.74 Å². The van der Waals surface area contributed by atoms with Crippen molar-refractivity contribution in [3.05, 3.63) is 71.8 Å². The first kappa shape index (κ1) is 11.2. The molecule has 2 aliphatic rings. The zero-order valence-corrected chi connectivity index (χ0v) is 10.8. The Morgan fingerprint density at radius 3 is 1.74 bits per heavy atom. The van der Waals surface area contributed by atoms with Crippen LogP contribution in [0.4, 0.5) is 0 Å². The highest BCUT2D eigenvalue weighted by molar-refractivity contribution is 5.33. The molecule has 0 bridgehead atoms. The lowest BCUT2D eigenvalue weighted by atomic mass is 9.90. The van der Waals surface area contributed by atoms with Gasteiger partial charge in [-0.3, -0.25) is 4.90 Å². The van der Waals surface area contributed by atoms with Gasteiger partial charge in [-0.25, -0.2) is 0 Å². The zero-order chi connectivity index (χ0) is 12.7. The molecule has 0 saturated carbocycles. The van der Waals surface area contributed by atoms with Crippen LogP contribution in [0, 0.1) is 0 Å². The van der Waals surface area contributed by atoms with Crippen molar-refractivity contribution in [1.29, 1.82) is 0 Å². The largest absolute Gasteiger partial charge is 0.367 e. The van der Waals surface area contributed by atoms with Crippen LogP contribution in [-0.4, -0.2) is 30.2 Å². The number of ether oxygens (including phenoxy) is 1. The van der Waals surface area contributed by atoms with Crippen LogP contribution < -0.4 is 0 Å². The summed E-state index contributed by atoms with van der Waals surface area (Å²) in [7, 11) is 0. The summed E-state index contributed by atoms with van der Waals surface area (Å²) in [5.74, 6) is 0. The van der Waals surface area contributed by atoms with Crippen LogP contribution in [-0.2, 0) is 4.74 Å². The molecule has 0 aromatic heterocycles. The molecule has 0 aliphatic carbocycles. The number of hydrogen-bond acceptors (Lipinski definition) is 2. The van der Waals surface area contributed by atoms with Crippen LogP contribution in [0.3, 0.4) is 0 Å². The van der Waals surface area contributed by atoms with Gasteiger partial charge in [0, 0.05) is 13.1 Å². The van der Waals surface area contributed by atoms with Crippen LogP contribution in [0.2, 0.25) is 0 Å². The van der Waals surface area contributed by atoms with E-state index in [0.717, 1.165) is 19.7 Å². The number of hydrogen-bond donors (Lipinski definition) is 0. The summed E-state index contributed by atoms with van der Waals surface area (Å²) in [6, 6.07) is 21.9. The normalized spacial score (nSPS) is 20.5. The van der Waals surface area contributed by atoms with E-state index in [2.05, 4.69) is 65.6 Å². The quantitative estimate of drug-likeness (QED) is 0.780. The van der Waals surface area contributed by atoms with Gasteiger partial charge in [-0.2, -0.15) is 0 Å². The number of likely N-dealkylation sites (tertiary alicyclic amines) is 1. The van der Waals surface area contributed by atoms with Crippen molar-refractivity contribution in [2.45, 2.75) is 11.6 Å². The van der Waals surface area contributed by atoms with Gasteiger partial charge >= 0.3 is 0 Å². The van der Waals surface area contributed by atoms with Gasteiger partial charge in [-0.05, 0) is 11.1 Å². The molecule has 0 N–H and O–H groups in total. The van der Waals surface area contributed by atoms with Crippen molar-refractivity contribution in [3.63, 3.8) is 0 Å². The molecule has 2 nitrogen and oxygen atoms in total. The molecule has 4 rings (SSSR count). The fourth-order valence-electron chi connectivity index (χ4n) is 3.05. The number of epoxide rings is 1. The molecule has 2 fully saturated rings. The van der Waals surface area contributed by atoms with E-state index in [-0.39, 0.29) is 5.60 Å². The van der Waals surface area contributed by atoms with Gasteiger partial charge in [0.15, 0.2) is 0 Å². The molecule has 2 aromatic rings. The van der Waals surface area contributed by atoms with Crippen molar-refractivity contribution in [1.82, 2.24) is 4.90 Å². The fourth-order valence-corrected chi connectivity index (χ4v) is 3.05. The Kier molecular flexibility index (Phi) is 2.47. The maximum atomic E-state index is 5.54. The second-order valence-electron chi connectivity index (χ2n) is 5.60. The van der Waals surface area contributed by atoms with Gasteiger partial charge in [0.2, 0.25) is 0 Å². The monoisotopic (exact) mass is 251 g/mol. The lowest BCUT2D eigenvalue weighted by Crippen LogP contribution is -2.55. The zero-order valence-electron chi connectivity index (χ0n) is 10.8.